The molecular formula is C19H22N2O5. The maximum Gasteiger partial charge on any atom is 0.307 e. The number of hydrogen-bond donors (Lipinski definition) is 2. The quantitative estimate of drug-likeness (QED) is 0.800. The molecule has 1 heterocycles. The van der Waals surface area contributed by atoms with Crippen molar-refractivity contribution in [2.75, 3.05) is 31.6 Å². The molecule has 3 rings (SSSR count). The van der Waals surface area contributed by atoms with Gasteiger partial charge in [0.1, 0.15) is 0 Å². The van der Waals surface area contributed by atoms with E-state index in [2.05, 4.69) is 5.32 Å². The van der Waals surface area contributed by atoms with Crippen molar-refractivity contribution in [1.29, 1.82) is 0 Å². The fourth-order valence-electron chi connectivity index (χ4n) is 3.26. The Bertz CT molecular complexity index is 707. The number of carboxylic acid groups (broad SMARTS) is 1. The third kappa shape index (κ3) is 4.11. The lowest BCUT2D eigenvalue weighted by Crippen LogP contribution is -2.40. The van der Waals surface area contributed by atoms with Gasteiger partial charge in [0.05, 0.1) is 25.0 Å². The number of allylic oxidation sites excluding steroid dienone is 2. The molecule has 0 unspecified atom stereocenters. The molecule has 2 atom stereocenters. The minimum atomic E-state index is -0.957. The normalized spacial score (nSPS) is 22.7. The van der Waals surface area contributed by atoms with Crippen LogP contribution in [0.25, 0.3) is 0 Å². The van der Waals surface area contributed by atoms with E-state index in [1.807, 2.05) is 6.08 Å². The summed E-state index contributed by atoms with van der Waals surface area (Å²) in [6, 6.07) is 6.67. The van der Waals surface area contributed by atoms with Crippen molar-refractivity contribution in [3.63, 3.8) is 0 Å². The summed E-state index contributed by atoms with van der Waals surface area (Å²) in [5.74, 6) is -2.63. The van der Waals surface area contributed by atoms with Gasteiger partial charge in [-0.2, -0.15) is 0 Å². The number of benzene rings is 1. The number of nitrogens with zero attached hydrogens (tertiary/aromatic N) is 1. The van der Waals surface area contributed by atoms with Gasteiger partial charge in [-0.05, 0) is 37.1 Å². The summed E-state index contributed by atoms with van der Waals surface area (Å²) in [5, 5.41) is 12.0. The summed E-state index contributed by atoms with van der Waals surface area (Å²) in [7, 11) is 0. The van der Waals surface area contributed by atoms with Crippen molar-refractivity contribution in [2.24, 2.45) is 11.8 Å². The number of nitrogens with one attached hydrogen (secondary N) is 1. The summed E-state index contributed by atoms with van der Waals surface area (Å²) in [6.07, 6.45) is 4.42. The standard InChI is InChI=1S/C19H22N2O5/c22-17(15-3-1-2-4-16(15)19(24)25)20-14-7-5-13(6-8-14)18(23)21-9-11-26-12-10-21/h1-2,5-8,15-16H,3-4,9-12H2,(H,20,22)(H,24,25)/t15-,16-/m1/s1. The molecule has 7 heteroatoms. The molecule has 1 fully saturated rings. The Kier molecular flexibility index (Phi) is 5.68. The summed E-state index contributed by atoms with van der Waals surface area (Å²) in [4.78, 5) is 37.9. The van der Waals surface area contributed by atoms with Gasteiger partial charge in [-0.3, -0.25) is 14.4 Å². The number of carbonyl (C=O) groups excluding carboxylic acids is 2. The Morgan fingerprint density at radius 1 is 1.00 bits per heavy atom. The van der Waals surface area contributed by atoms with Crippen LogP contribution < -0.4 is 5.32 Å². The zero-order valence-corrected chi connectivity index (χ0v) is 14.4. The van der Waals surface area contributed by atoms with Crippen LogP contribution in [0, 0.1) is 11.8 Å². The van der Waals surface area contributed by atoms with Gasteiger partial charge in [-0.1, -0.05) is 12.2 Å². The lowest BCUT2D eigenvalue weighted by Gasteiger charge is -2.27. The number of carboxylic acids is 1. The molecule has 1 saturated heterocycles. The maximum atomic E-state index is 12.5. The van der Waals surface area contributed by atoms with Crippen molar-refractivity contribution >= 4 is 23.5 Å². The first-order chi connectivity index (χ1) is 12.6. The molecule has 7 nitrogen and oxygen atoms in total. The zero-order valence-electron chi connectivity index (χ0n) is 14.4. The number of aliphatic carboxylic acids is 1. The number of anilines is 1. The minimum absolute atomic E-state index is 0.0606. The van der Waals surface area contributed by atoms with E-state index in [1.54, 1.807) is 35.2 Å². The van der Waals surface area contributed by atoms with Gasteiger partial charge in [0.25, 0.3) is 5.91 Å². The molecule has 0 saturated carbocycles. The second kappa shape index (κ2) is 8.14. The number of morpholine rings is 1. The number of carbonyl (C=O) groups is 3. The van der Waals surface area contributed by atoms with E-state index in [1.165, 1.54) is 0 Å². The van der Waals surface area contributed by atoms with Crippen LogP contribution in [0.15, 0.2) is 36.4 Å². The minimum Gasteiger partial charge on any atom is -0.481 e. The summed E-state index contributed by atoms with van der Waals surface area (Å²) in [6.45, 7) is 2.23. The number of ether oxygens (including phenoxy) is 1. The highest BCUT2D eigenvalue weighted by molar-refractivity contribution is 5.97. The smallest absolute Gasteiger partial charge is 0.307 e. The lowest BCUT2D eigenvalue weighted by molar-refractivity contribution is -0.146. The molecule has 1 aromatic rings. The molecule has 138 valence electrons. The van der Waals surface area contributed by atoms with Crippen LogP contribution in [0.3, 0.4) is 0 Å². The number of amides is 2. The molecule has 2 aliphatic rings. The van der Waals surface area contributed by atoms with Crippen LogP contribution in [-0.4, -0.2) is 54.1 Å². The fourth-order valence-corrected chi connectivity index (χ4v) is 3.26. The Hall–Kier alpha value is -2.67. The lowest BCUT2D eigenvalue weighted by atomic mass is 9.82. The molecular weight excluding hydrogens is 336 g/mol. The first kappa shape index (κ1) is 18.1. The van der Waals surface area contributed by atoms with Crippen molar-refractivity contribution in [2.45, 2.75) is 12.8 Å². The van der Waals surface area contributed by atoms with Crippen LogP contribution in [0.1, 0.15) is 23.2 Å². The molecule has 2 N–H and O–H groups in total. The van der Waals surface area contributed by atoms with Gasteiger partial charge < -0.3 is 20.1 Å². The van der Waals surface area contributed by atoms with Crippen LogP contribution in [0.5, 0.6) is 0 Å². The molecule has 2 amide bonds. The van der Waals surface area contributed by atoms with E-state index in [0.717, 1.165) is 0 Å². The molecule has 1 aliphatic heterocycles. The van der Waals surface area contributed by atoms with E-state index in [4.69, 9.17) is 4.74 Å². The van der Waals surface area contributed by atoms with Crippen LogP contribution >= 0.6 is 0 Å². The third-order valence-corrected chi connectivity index (χ3v) is 4.78. The van der Waals surface area contributed by atoms with E-state index in [0.29, 0.717) is 50.4 Å². The first-order valence-corrected chi connectivity index (χ1v) is 8.72. The molecule has 1 aromatic carbocycles. The second-order valence-corrected chi connectivity index (χ2v) is 6.47. The van der Waals surface area contributed by atoms with E-state index >= 15 is 0 Å². The SMILES string of the molecule is O=C(O)[C@@H]1CC=CC[C@H]1C(=O)Nc1ccc(C(=O)N2CCOCC2)cc1. The summed E-state index contributed by atoms with van der Waals surface area (Å²) in [5.41, 5.74) is 1.10. The van der Waals surface area contributed by atoms with Crippen molar-refractivity contribution in [1.82, 2.24) is 4.90 Å². The highest BCUT2D eigenvalue weighted by Gasteiger charge is 2.34. The van der Waals surface area contributed by atoms with Crippen LogP contribution in [-0.2, 0) is 14.3 Å². The second-order valence-electron chi connectivity index (χ2n) is 6.47. The third-order valence-electron chi connectivity index (χ3n) is 4.78. The van der Waals surface area contributed by atoms with Gasteiger partial charge in [0.2, 0.25) is 5.91 Å². The Balaban J connectivity index is 1.63. The van der Waals surface area contributed by atoms with Crippen LogP contribution in [0.2, 0.25) is 0 Å². The molecule has 0 spiro atoms. The Labute approximate surface area is 151 Å². The van der Waals surface area contributed by atoms with Gasteiger partial charge >= 0.3 is 5.97 Å². The summed E-state index contributed by atoms with van der Waals surface area (Å²) >= 11 is 0. The largest absolute Gasteiger partial charge is 0.481 e. The number of rotatable bonds is 4. The van der Waals surface area contributed by atoms with Crippen molar-refractivity contribution < 1.29 is 24.2 Å². The average Bonchev–Trinajstić information content (AvgIpc) is 2.68. The summed E-state index contributed by atoms with van der Waals surface area (Å²) < 4.78 is 5.24. The predicted molar refractivity (Wildman–Crippen MR) is 94.8 cm³/mol. The van der Waals surface area contributed by atoms with Crippen molar-refractivity contribution in [3.05, 3.63) is 42.0 Å². The van der Waals surface area contributed by atoms with Gasteiger partial charge in [0, 0.05) is 24.3 Å². The first-order valence-electron chi connectivity index (χ1n) is 8.72. The van der Waals surface area contributed by atoms with E-state index in [9.17, 15) is 19.5 Å². The monoisotopic (exact) mass is 358 g/mol. The van der Waals surface area contributed by atoms with E-state index in [-0.39, 0.29) is 11.8 Å². The Morgan fingerprint density at radius 3 is 2.23 bits per heavy atom. The molecule has 0 aromatic heterocycles. The maximum absolute atomic E-state index is 12.5. The van der Waals surface area contributed by atoms with Crippen LogP contribution in [0.4, 0.5) is 5.69 Å². The Morgan fingerprint density at radius 2 is 1.62 bits per heavy atom. The average molecular weight is 358 g/mol. The molecule has 0 radical (unpaired) electrons. The van der Waals surface area contributed by atoms with E-state index < -0.39 is 17.8 Å². The van der Waals surface area contributed by atoms with Gasteiger partial charge in [-0.25, -0.2) is 0 Å². The fraction of sp³-hybridized carbons (Fsp3) is 0.421. The topological polar surface area (TPSA) is 95.9 Å². The predicted octanol–water partition coefficient (Wildman–Crippen LogP) is 1.76. The molecule has 26 heavy (non-hydrogen) atoms. The van der Waals surface area contributed by atoms with Gasteiger partial charge in [0.15, 0.2) is 0 Å². The highest BCUT2D eigenvalue weighted by atomic mass is 16.5. The van der Waals surface area contributed by atoms with Crippen molar-refractivity contribution in [3.8, 4) is 0 Å². The van der Waals surface area contributed by atoms with Gasteiger partial charge in [-0.15, -0.1) is 0 Å². The highest BCUT2D eigenvalue weighted by Crippen LogP contribution is 2.27. The molecule has 1 aliphatic carbocycles. The zero-order chi connectivity index (χ0) is 18.5. The number of hydrogen-bond acceptors (Lipinski definition) is 4. The molecule has 0 bridgehead atoms.